The molecule has 1 N–H and O–H groups in total. The van der Waals surface area contributed by atoms with E-state index in [0.717, 1.165) is 24.5 Å². The average molecular weight is 370 g/mol. The number of hydrogen-bond acceptors (Lipinski definition) is 5. The van der Waals surface area contributed by atoms with Gasteiger partial charge >= 0.3 is 0 Å². The predicted molar refractivity (Wildman–Crippen MR) is 107 cm³/mol. The third-order valence-electron chi connectivity index (χ3n) is 4.83. The van der Waals surface area contributed by atoms with E-state index in [1.54, 1.807) is 0 Å². The Hall–Kier alpha value is -2.37. The van der Waals surface area contributed by atoms with Crippen LogP contribution in [0.1, 0.15) is 64.6 Å². The van der Waals surface area contributed by atoms with E-state index in [2.05, 4.69) is 26.4 Å². The molecule has 1 aromatic carbocycles. The fourth-order valence-corrected chi connectivity index (χ4v) is 3.26. The number of rotatable bonds is 5. The van der Waals surface area contributed by atoms with Gasteiger partial charge < -0.3 is 14.7 Å². The molecule has 6 nitrogen and oxygen atoms in total. The van der Waals surface area contributed by atoms with Crippen LogP contribution in [0.2, 0.25) is 0 Å². The number of aryl methyl sites for hydroxylation is 1. The van der Waals surface area contributed by atoms with Crippen LogP contribution in [0.15, 0.2) is 28.8 Å². The van der Waals surface area contributed by atoms with Gasteiger partial charge in [0.1, 0.15) is 0 Å². The van der Waals surface area contributed by atoms with Gasteiger partial charge in [-0.1, -0.05) is 50.9 Å². The molecule has 1 fully saturated rings. The van der Waals surface area contributed by atoms with Gasteiger partial charge in [-0.3, -0.25) is 4.79 Å². The van der Waals surface area contributed by atoms with Crippen molar-refractivity contribution < 1.29 is 9.32 Å². The molecule has 0 bridgehead atoms. The number of anilines is 2. The van der Waals surface area contributed by atoms with Crippen molar-refractivity contribution >= 4 is 17.3 Å². The molecule has 0 saturated carbocycles. The molecule has 3 rings (SSSR count). The molecular weight excluding hydrogens is 340 g/mol. The molecule has 1 aliphatic heterocycles. The Morgan fingerprint density at radius 2 is 1.85 bits per heavy atom. The van der Waals surface area contributed by atoms with Gasteiger partial charge in [0.2, 0.25) is 11.8 Å². The number of nitrogens with zero attached hydrogens (tertiary/aromatic N) is 3. The summed E-state index contributed by atoms with van der Waals surface area (Å²) in [5.41, 5.74) is 1.83. The van der Waals surface area contributed by atoms with E-state index in [9.17, 15) is 4.79 Å². The Kier molecular flexibility index (Phi) is 6.14. The van der Waals surface area contributed by atoms with Crippen LogP contribution in [0.3, 0.4) is 0 Å². The number of benzene rings is 1. The van der Waals surface area contributed by atoms with E-state index in [1.165, 1.54) is 25.7 Å². The summed E-state index contributed by atoms with van der Waals surface area (Å²) in [6.45, 7) is 8.20. The minimum absolute atomic E-state index is 0.0345. The van der Waals surface area contributed by atoms with Crippen LogP contribution in [0.5, 0.6) is 0 Å². The quantitative estimate of drug-likeness (QED) is 0.849. The molecule has 1 aliphatic rings. The van der Waals surface area contributed by atoms with Crippen LogP contribution in [0.4, 0.5) is 11.4 Å². The van der Waals surface area contributed by atoms with Crippen LogP contribution in [0.25, 0.3) is 0 Å². The SMILES string of the molecule is CC(C)(C)c1noc(CCC(=O)Nc2ccccc2N2CCCCCC2)n1. The third kappa shape index (κ3) is 5.31. The summed E-state index contributed by atoms with van der Waals surface area (Å²) in [4.78, 5) is 19.3. The summed E-state index contributed by atoms with van der Waals surface area (Å²) in [5.74, 6) is 1.15. The summed E-state index contributed by atoms with van der Waals surface area (Å²) in [6, 6.07) is 8.06. The average Bonchev–Trinajstić information content (AvgIpc) is 2.96. The van der Waals surface area contributed by atoms with E-state index in [1.807, 2.05) is 39.0 Å². The Bertz CT molecular complexity index is 756. The molecular formula is C21H30N4O2. The molecule has 1 aromatic heterocycles. The molecule has 0 radical (unpaired) electrons. The Balaban J connectivity index is 1.60. The molecule has 2 heterocycles. The van der Waals surface area contributed by atoms with Crippen molar-refractivity contribution in [3.63, 3.8) is 0 Å². The topological polar surface area (TPSA) is 71.3 Å². The van der Waals surface area contributed by atoms with Crippen molar-refractivity contribution in [2.45, 2.75) is 64.7 Å². The summed E-state index contributed by atoms with van der Waals surface area (Å²) >= 11 is 0. The number of nitrogens with one attached hydrogen (secondary N) is 1. The molecule has 0 atom stereocenters. The lowest BCUT2D eigenvalue weighted by atomic mass is 9.96. The van der Waals surface area contributed by atoms with E-state index >= 15 is 0 Å². The minimum Gasteiger partial charge on any atom is -0.370 e. The summed E-state index contributed by atoms with van der Waals surface area (Å²) in [7, 11) is 0. The third-order valence-corrected chi connectivity index (χ3v) is 4.83. The van der Waals surface area contributed by atoms with Gasteiger partial charge in [0, 0.05) is 31.3 Å². The maximum atomic E-state index is 12.5. The predicted octanol–water partition coefficient (Wildman–Crippen LogP) is 4.32. The second kappa shape index (κ2) is 8.55. The first kappa shape index (κ1) is 19.4. The highest BCUT2D eigenvalue weighted by atomic mass is 16.5. The van der Waals surface area contributed by atoms with Crippen LogP contribution in [0, 0.1) is 0 Å². The maximum absolute atomic E-state index is 12.5. The summed E-state index contributed by atoms with van der Waals surface area (Å²) in [5, 5.41) is 7.07. The number of carbonyl (C=O) groups excluding carboxylic acids is 1. The zero-order valence-electron chi connectivity index (χ0n) is 16.6. The van der Waals surface area contributed by atoms with Gasteiger partial charge in [-0.25, -0.2) is 0 Å². The molecule has 1 saturated heterocycles. The van der Waals surface area contributed by atoms with Gasteiger partial charge in [-0.2, -0.15) is 4.98 Å². The Labute approximate surface area is 161 Å². The smallest absolute Gasteiger partial charge is 0.227 e. The van der Waals surface area contributed by atoms with Crippen molar-refractivity contribution in [1.29, 1.82) is 0 Å². The van der Waals surface area contributed by atoms with Crippen LogP contribution in [-0.4, -0.2) is 29.1 Å². The first-order valence-corrected chi connectivity index (χ1v) is 9.90. The summed E-state index contributed by atoms with van der Waals surface area (Å²) in [6.07, 6.45) is 5.74. The first-order valence-electron chi connectivity index (χ1n) is 9.90. The second-order valence-electron chi connectivity index (χ2n) is 8.23. The lowest BCUT2D eigenvalue weighted by Gasteiger charge is -2.25. The Morgan fingerprint density at radius 1 is 1.15 bits per heavy atom. The molecule has 0 aliphatic carbocycles. The number of aromatic nitrogens is 2. The summed E-state index contributed by atoms with van der Waals surface area (Å²) < 4.78 is 5.28. The van der Waals surface area contributed by atoms with E-state index in [-0.39, 0.29) is 11.3 Å². The Morgan fingerprint density at radius 3 is 2.52 bits per heavy atom. The van der Waals surface area contributed by atoms with Gasteiger partial charge in [0.05, 0.1) is 11.4 Å². The first-order chi connectivity index (χ1) is 12.9. The number of amides is 1. The number of para-hydroxylation sites is 2. The highest BCUT2D eigenvalue weighted by molar-refractivity contribution is 5.94. The minimum atomic E-state index is -0.157. The largest absolute Gasteiger partial charge is 0.370 e. The highest BCUT2D eigenvalue weighted by Crippen LogP contribution is 2.28. The molecule has 1 amide bonds. The van der Waals surface area contributed by atoms with Crippen LogP contribution in [-0.2, 0) is 16.6 Å². The molecule has 27 heavy (non-hydrogen) atoms. The van der Waals surface area contributed by atoms with Crippen molar-refractivity contribution in [3.8, 4) is 0 Å². The van der Waals surface area contributed by atoms with Gasteiger partial charge in [0.15, 0.2) is 5.82 Å². The maximum Gasteiger partial charge on any atom is 0.227 e. The molecule has 2 aromatic rings. The van der Waals surface area contributed by atoms with Crippen molar-refractivity contribution in [2.24, 2.45) is 0 Å². The molecule has 0 unspecified atom stereocenters. The molecule has 0 spiro atoms. The lowest BCUT2D eigenvalue weighted by Crippen LogP contribution is -2.25. The van der Waals surface area contributed by atoms with Crippen molar-refractivity contribution in [1.82, 2.24) is 10.1 Å². The van der Waals surface area contributed by atoms with E-state index in [4.69, 9.17) is 4.52 Å². The standard InChI is InChI=1S/C21H30N4O2/c1-21(2,3)20-23-19(27-24-20)13-12-18(26)22-16-10-6-7-11-17(16)25-14-8-4-5-9-15-25/h6-7,10-11H,4-5,8-9,12-15H2,1-3H3,(H,22,26). The number of hydrogen-bond donors (Lipinski definition) is 1. The zero-order chi connectivity index (χ0) is 19.3. The van der Waals surface area contributed by atoms with Crippen molar-refractivity contribution in [3.05, 3.63) is 36.0 Å². The highest BCUT2D eigenvalue weighted by Gasteiger charge is 2.21. The van der Waals surface area contributed by atoms with Gasteiger partial charge in [-0.15, -0.1) is 0 Å². The molecule has 146 valence electrons. The zero-order valence-corrected chi connectivity index (χ0v) is 16.6. The van der Waals surface area contributed by atoms with E-state index < -0.39 is 0 Å². The monoisotopic (exact) mass is 370 g/mol. The normalized spacial score (nSPS) is 15.4. The van der Waals surface area contributed by atoms with E-state index in [0.29, 0.717) is 24.6 Å². The van der Waals surface area contributed by atoms with Gasteiger partial charge in [0.25, 0.3) is 0 Å². The second-order valence-corrected chi connectivity index (χ2v) is 8.23. The molecule has 6 heteroatoms. The van der Waals surface area contributed by atoms with Crippen molar-refractivity contribution in [2.75, 3.05) is 23.3 Å². The lowest BCUT2D eigenvalue weighted by molar-refractivity contribution is -0.116. The number of carbonyl (C=O) groups is 1. The fraction of sp³-hybridized carbons (Fsp3) is 0.571. The van der Waals surface area contributed by atoms with Crippen LogP contribution >= 0.6 is 0 Å². The van der Waals surface area contributed by atoms with Gasteiger partial charge in [-0.05, 0) is 25.0 Å². The fourth-order valence-electron chi connectivity index (χ4n) is 3.26. The van der Waals surface area contributed by atoms with Crippen LogP contribution < -0.4 is 10.2 Å².